The second-order valence-electron chi connectivity index (χ2n) is 10.1. The zero-order valence-electron chi connectivity index (χ0n) is 22.1. The zero-order chi connectivity index (χ0) is 27.1. The first kappa shape index (κ1) is 31.6. The Labute approximate surface area is 253 Å². The number of primary amides is 1. The van der Waals surface area contributed by atoms with Crippen LogP contribution in [0.15, 0.2) is 66.7 Å². The minimum absolute atomic E-state index is 0. The van der Waals surface area contributed by atoms with Crippen LogP contribution in [0.3, 0.4) is 0 Å². The van der Waals surface area contributed by atoms with Crippen molar-refractivity contribution in [1.29, 1.82) is 0 Å². The van der Waals surface area contributed by atoms with Gasteiger partial charge in [0.25, 0.3) is 0 Å². The number of nitrogens with two attached hydrogens (primary N) is 1. The first-order valence-corrected chi connectivity index (χ1v) is 14.3. The van der Waals surface area contributed by atoms with E-state index in [1.165, 1.54) is 19.3 Å². The number of carbonyl (C=O) groups is 1. The van der Waals surface area contributed by atoms with Gasteiger partial charge in [-0.25, -0.2) is 0 Å². The third kappa shape index (κ3) is 8.52. The molecule has 1 aliphatic heterocycles. The third-order valence-electron chi connectivity index (χ3n) is 7.67. The Bertz CT molecular complexity index is 1220. The van der Waals surface area contributed by atoms with Gasteiger partial charge in [0.1, 0.15) is 5.75 Å². The molecule has 1 aliphatic rings. The summed E-state index contributed by atoms with van der Waals surface area (Å²) in [6.45, 7) is 3.14. The third-order valence-corrected chi connectivity index (χ3v) is 8.64. The Kier molecular flexibility index (Phi) is 12.3. The Morgan fingerprint density at radius 2 is 1.64 bits per heavy atom. The Balaban J connectivity index is 0.00000420. The van der Waals surface area contributed by atoms with Crippen molar-refractivity contribution in [3.05, 3.63) is 98.5 Å². The molecule has 1 heterocycles. The van der Waals surface area contributed by atoms with E-state index in [1.807, 2.05) is 54.6 Å². The predicted octanol–water partition coefficient (Wildman–Crippen LogP) is 8.16. The summed E-state index contributed by atoms with van der Waals surface area (Å²) < 4.78 is 5.37. The smallest absolute Gasteiger partial charge is 0.225 e. The summed E-state index contributed by atoms with van der Waals surface area (Å²) in [5.74, 6) is -0.255. The van der Waals surface area contributed by atoms with Gasteiger partial charge in [-0.3, -0.25) is 4.79 Å². The topological polar surface area (TPSA) is 55.6 Å². The van der Waals surface area contributed by atoms with Crippen molar-refractivity contribution in [1.82, 2.24) is 4.90 Å². The van der Waals surface area contributed by atoms with E-state index in [0.717, 1.165) is 48.5 Å². The first-order valence-electron chi connectivity index (χ1n) is 13.2. The zero-order valence-corrected chi connectivity index (χ0v) is 25.2. The molecule has 210 valence electrons. The molecule has 3 atom stereocenters. The number of piperidine rings is 1. The summed E-state index contributed by atoms with van der Waals surface area (Å²) in [5.41, 5.74) is 9.16. The van der Waals surface area contributed by atoms with Gasteiger partial charge in [0.2, 0.25) is 5.91 Å². The number of amides is 1. The number of likely N-dealkylation sites (tertiary alicyclic amines) is 1. The van der Waals surface area contributed by atoms with Gasteiger partial charge in [-0.05, 0) is 110 Å². The number of hydrogen-bond donors (Lipinski definition) is 1. The molecule has 3 unspecified atom stereocenters. The van der Waals surface area contributed by atoms with Crippen molar-refractivity contribution in [2.45, 2.75) is 43.9 Å². The van der Waals surface area contributed by atoms with Crippen molar-refractivity contribution >= 4 is 53.1 Å². The van der Waals surface area contributed by atoms with Gasteiger partial charge in [0, 0.05) is 5.02 Å². The number of nitrogens with zero attached hydrogens (tertiary/aromatic N) is 1. The molecular weight excluding hydrogens is 574 g/mol. The van der Waals surface area contributed by atoms with Crippen molar-refractivity contribution in [2.24, 2.45) is 11.7 Å². The first-order chi connectivity index (χ1) is 18.4. The number of hydrogen-bond acceptors (Lipinski definition) is 3. The number of benzene rings is 3. The van der Waals surface area contributed by atoms with Crippen LogP contribution in [0.25, 0.3) is 0 Å². The SMILES string of the molecule is COc1ccc(CC(C(CCN2CCCCC2)c2ccc(Cl)c(Cl)c2)C(C(N)=O)c2cccc(Cl)c2)cc1.Cl. The van der Waals surface area contributed by atoms with Crippen molar-refractivity contribution in [3.63, 3.8) is 0 Å². The minimum Gasteiger partial charge on any atom is -0.497 e. The summed E-state index contributed by atoms with van der Waals surface area (Å²) in [4.78, 5) is 15.7. The van der Waals surface area contributed by atoms with Crippen LogP contribution in [0, 0.1) is 5.92 Å². The van der Waals surface area contributed by atoms with E-state index in [9.17, 15) is 4.79 Å². The number of halogens is 4. The van der Waals surface area contributed by atoms with Crippen LogP contribution in [-0.4, -0.2) is 37.6 Å². The molecule has 0 aromatic heterocycles. The molecule has 0 bridgehead atoms. The standard InChI is InChI=1S/C31H35Cl3N2O2.ClH/c1-38-25-11-8-21(9-12-25)18-27(30(31(35)37)23-6-5-7-24(32)19-23)26(14-17-36-15-3-2-4-16-36)22-10-13-28(33)29(34)20-22;/h5-13,19-20,26-27,30H,2-4,14-18H2,1H3,(H2,35,37);1H. The quantitative estimate of drug-likeness (QED) is 0.238. The predicted molar refractivity (Wildman–Crippen MR) is 165 cm³/mol. The van der Waals surface area contributed by atoms with Crippen LogP contribution in [0.5, 0.6) is 5.75 Å². The van der Waals surface area contributed by atoms with Gasteiger partial charge in [0.15, 0.2) is 0 Å². The molecule has 1 amide bonds. The van der Waals surface area contributed by atoms with E-state index in [4.69, 9.17) is 45.3 Å². The van der Waals surface area contributed by atoms with E-state index < -0.39 is 5.92 Å². The molecule has 4 nitrogen and oxygen atoms in total. The maximum Gasteiger partial charge on any atom is 0.225 e. The Morgan fingerprint density at radius 3 is 2.26 bits per heavy atom. The molecule has 0 radical (unpaired) electrons. The lowest BCUT2D eigenvalue weighted by molar-refractivity contribution is -0.120. The van der Waals surface area contributed by atoms with Crippen molar-refractivity contribution in [3.8, 4) is 5.75 Å². The van der Waals surface area contributed by atoms with Crippen molar-refractivity contribution in [2.75, 3.05) is 26.7 Å². The van der Waals surface area contributed by atoms with E-state index in [1.54, 1.807) is 7.11 Å². The van der Waals surface area contributed by atoms with E-state index in [-0.39, 0.29) is 30.2 Å². The van der Waals surface area contributed by atoms with Crippen LogP contribution in [0.2, 0.25) is 15.1 Å². The summed E-state index contributed by atoms with van der Waals surface area (Å²) >= 11 is 19.2. The minimum atomic E-state index is -0.545. The normalized spacial score (nSPS) is 16.1. The number of rotatable bonds is 11. The summed E-state index contributed by atoms with van der Waals surface area (Å²) in [5, 5.41) is 1.60. The lowest BCUT2D eigenvalue weighted by Crippen LogP contribution is -2.36. The fourth-order valence-electron chi connectivity index (χ4n) is 5.72. The molecule has 0 spiro atoms. The Hall–Kier alpha value is -1.95. The molecular formula is C31H36Cl4N2O2. The van der Waals surface area contributed by atoms with Gasteiger partial charge in [-0.1, -0.05) is 71.6 Å². The van der Waals surface area contributed by atoms with Crippen LogP contribution in [0.1, 0.15) is 54.2 Å². The highest BCUT2D eigenvalue weighted by Gasteiger charge is 2.36. The van der Waals surface area contributed by atoms with Gasteiger partial charge >= 0.3 is 0 Å². The molecule has 8 heteroatoms. The second kappa shape index (κ2) is 15.2. The molecule has 39 heavy (non-hydrogen) atoms. The van der Waals surface area contributed by atoms with E-state index in [0.29, 0.717) is 21.5 Å². The lowest BCUT2D eigenvalue weighted by Gasteiger charge is -2.35. The average Bonchev–Trinajstić information content (AvgIpc) is 2.91. The van der Waals surface area contributed by atoms with Crippen LogP contribution in [-0.2, 0) is 11.2 Å². The van der Waals surface area contributed by atoms with Crippen LogP contribution >= 0.6 is 47.2 Å². The van der Waals surface area contributed by atoms with E-state index >= 15 is 0 Å². The fourth-order valence-corrected chi connectivity index (χ4v) is 6.23. The molecule has 4 rings (SSSR count). The number of methoxy groups -OCH3 is 1. The number of ether oxygens (including phenoxy) is 1. The highest BCUT2D eigenvalue weighted by Crippen LogP contribution is 2.42. The maximum atomic E-state index is 13.2. The second-order valence-corrected chi connectivity index (χ2v) is 11.4. The summed E-state index contributed by atoms with van der Waals surface area (Å²) in [7, 11) is 1.65. The van der Waals surface area contributed by atoms with Gasteiger partial charge < -0.3 is 15.4 Å². The van der Waals surface area contributed by atoms with Crippen LogP contribution < -0.4 is 10.5 Å². The summed E-state index contributed by atoms with van der Waals surface area (Å²) in [6, 6.07) is 21.3. The van der Waals surface area contributed by atoms with Crippen LogP contribution in [0.4, 0.5) is 0 Å². The number of carbonyl (C=O) groups excluding carboxylic acids is 1. The highest BCUT2D eigenvalue weighted by molar-refractivity contribution is 6.42. The van der Waals surface area contributed by atoms with E-state index in [2.05, 4.69) is 17.0 Å². The van der Waals surface area contributed by atoms with Gasteiger partial charge in [0.05, 0.1) is 23.1 Å². The molecule has 0 saturated carbocycles. The molecule has 3 aromatic rings. The summed E-state index contributed by atoms with van der Waals surface area (Å²) in [6.07, 6.45) is 5.24. The fraction of sp³-hybridized carbons (Fsp3) is 0.387. The molecule has 3 aromatic carbocycles. The highest BCUT2D eigenvalue weighted by atomic mass is 35.5. The lowest BCUT2D eigenvalue weighted by atomic mass is 9.70. The monoisotopic (exact) mass is 608 g/mol. The van der Waals surface area contributed by atoms with Crippen molar-refractivity contribution < 1.29 is 9.53 Å². The molecule has 1 saturated heterocycles. The molecule has 1 fully saturated rings. The molecule has 2 N–H and O–H groups in total. The maximum absolute atomic E-state index is 13.2. The van der Waals surface area contributed by atoms with Gasteiger partial charge in [-0.2, -0.15) is 0 Å². The van der Waals surface area contributed by atoms with Gasteiger partial charge in [-0.15, -0.1) is 12.4 Å². The average molecular weight is 610 g/mol. The Morgan fingerprint density at radius 1 is 0.923 bits per heavy atom. The largest absolute Gasteiger partial charge is 0.497 e. The molecule has 0 aliphatic carbocycles.